The summed E-state index contributed by atoms with van der Waals surface area (Å²) in [4.78, 5) is 0. The van der Waals surface area contributed by atoms with Crippen LogP contribution < -0.4 is 4.74 Å². The van der Waals surface area contributed by atoms with Gasteiger partial charge in [-0.3, -0.25) is 5.10 Å². The first-order chi connectivity index (χ1) is 11.6. The first-order valence-electron chi connectivity index (χ1n) is 7.88. The summed E-state index contributed by atoms with van der Waals surface area (Å²) in [6.07, 6.45) is 7.64. The molecule has 3 rings (SSSR count). The number of aromatic hydroxyl groups is 1. The van der Waals surface area contributed by atoms with Gasteiger partial charge in [-0.05, 0) is 58.7 Å². The van der Waals surface area contributed by atoms with Crippen molar-refractivity contribution in [3.63, 3.8) is 0 Å². The van der Waals surface area contributed by atoms with Gasteiger partial charge in [0.1, 0.15) is 0 Å². The van der Waals surface area contributed by atoms with Crippen molar-refractivity contribution < 1.29 is 9.84 Å². The zero-order valence-electron chi connectivity index (χ0n) is 13.3. The molecule has 1 aromatic carbocycles. The molecule has 6 nitrogen and oxygen atoms in total. The molecule has 1 heterocycles. The largest absolute Gasteiger partial charge is 0.503 e. The molecule has 1 aromatic heterocycles. The van der Waals surface area contributed by atoms with E-state index < -0.39 is 0 Å². The third-order valence-corrected chi connectivity index (χ3v) is 5.11. The minimum absolute atomic E-state index is 0.0671. The lowest BCUT2D eigenvalue weighted by atomic mass is 9.89. The lowest BCUT2D eigenvalue weighted by Gasteiger charge is -2.19. The topological polar surface area (TPSA) is 75.4 Å². The lowest BCUT2D eigenvalue weighted by molar-refractivity contribution is 0.372. The van der Waals surface area contributed by atoms with E-state index in [-0.39, 0.29) is 5.75 Å². The summed E-state index contributed by atoms with van der Waals surface area (Å²) in [6, 6.07) is 3.49. The van der Waals surface area contributed by atoms with E-state index in [2.05, 4.69) is 31.2 Å². The molecule has 0 aliphatic heterocycles. The van der Waals surface area contributed by atoms with E-state index in [1.807, 2.05) is 0 Å². The van der Waals surface area contributed by atoms with Crippen LogP contribution >= 0.6 is 28.1 Å². The smallest absolute Gasteiger partial charge is 0.216 e. The van der Waals surface area contributed by atoms with E-state index >= 15 is 0 Å². The molecule has 1 aliphatic rings. The summed E-state index contributed by atoms with van der Waals surface area (Å²) in [5, 5.41) is 21.6. The van der Waals surface area contributed by atoms with Crippen molar-refractivity contribution in [2.24, 2.45) is 5.10 Å². The fourth-order valence-electron chi connectivity index (χ4n) is 2.99. The summed E-state index contributed by atoms with van der Waals surface area (Å²) >= 11 is 8.62. The number of phenols is 1. The van der Waals surface area contributed by atoms with Crippen LogP contribution in [0.2, 0.25) is 0 Å². The van der Waals surface area contributed by atoms with Gasteiger partial charge in [-0.1, -0.05) is 19.3 Å². The Hall–Kier alpha value is -1.67. The van der Waals surface area contributed by atoms with Crippen LogP contribution in [0.3, 0.4) is 0 Å². The van der Waals surface area contributed by atoms with Crippen LogP contribution in [0.5, 0.6) is 11.5 Å². The summed E-state index contributed by atoms with van der Waals surface area (Å²) < 4.78 is 7.88. The molecule has 2 N–H and O–H groups in total. The number of methoxy groups -OCH3 is 1. The van der Waals surface area contributed by atoms with Crippen molar-refractivity contribution in [1.82, 2.24) is 14.9 Å². The number of phenolic OH excluding ortho intramolecular Hbond substituents is 1. The van der Waals surface area contributed by atoms with Gasteiger partial charge in [0.15, 0.2) is 17.3 Å². The first-order valence-corrected chi connectivity index (χ1v) is 9.08. The van der Waals surface area contributed by atoms with Crippen LogP contribution in [0.25, 0.3) is 0 Å². The maximum Gasteiger partial charge on any atom is 0.216 e. The van der Waals surface area contributed by atoms with E-state index in [0.717, 1.165) is 24.2 Å². The Morgan fingerprint density at radius 1 is 1.42 bits per heavy atom. The molecule has 128 valence electrons. The number of nitrogens with zero attached hydrogens (tertiary/aromatic N) is 3. The number of aromatic nitrogens is 3. The number of nitrogens with one attached hydrogen (secondary N) is 1. The average molecular weight is 411 g/mol. The molecule has 1 aliphatic carbocycles. The molecule has 24 heavy (non-hydrogen) atoms. The number of hydrogen-bond acceptors (Lipinski definition) is 5. The highest BCUT2D eigenvalue weighted by Gasteiger charge is 2.21. The molecular formula is C16H19BrN4O2S. The fourth-order valence-corrected chi connectivity index (χ4v) is 3.63. The van der Waals surface area contributed by atoms with E-state index in [9.17, 15) is 5.11 Å². The Morgan fingerprint density at radius 3 is 2.88 bits per heavy atom. The zero-order valence-corrected chi connectivity index (χ0v) is 15.7. The first kappa shape index (κ1) is 17.2. The van der Waals surface area contributed by atoms with Crippen molar-refractivity contribution in [1.29, 1.82) is 0 Å². The Morgan fingerprint density at radius 2 is 2.17 bits per heavy atom. The second kappa shape index (κ2) is 7.48. The van der Waals surface area contributed by atoms with Crippen molar-refractivity contribution in [3.8, 4) is 11.5 Å². The molecule has 0 saturated heterocycles. The van der Waals surface area contributed by atoms with Crippen LogP contribution in [-0.4, -0.2) is 33.3 Å². The number of benzene rings is 1. The molecule has 0 amide bonds. The highest BCUT2D eigenvalue weighted by Crippen LogP contribution is 2.35. The third-order valence-electron chi connectivity index (χ3n) is 4.24. The maximum atomic E-state index is 9.88. The Balaban J connectivity index is 1.91. The van der Waals surface area contributed by atoms with Crippen molar-refractivity contribution >= 4 is 34.4 Å². The van der Waals surface area contributed by atoms with Gasteiger partial charge < -0.3 is 9.84 Å². The molecule has 2 aromatic rings. The number of rotatable bonds is 4. The predicted molar refractivity (Wildman–Crippen MR) is 98.6 cm³/mol. The third kappa shape index (κ3) is 3.54. The second-order valence-corrected chi connectivity index (χ2v) is 7.07. The molecular weight excluding hydrogens is 392 g/mol. The van der Waals surface area contributed by atoms with E-state index in [1.165, 1.54) is 26.4 Å². The number of H-pyrrole nitrogens is 1. The standard InChI is InChI=1S/C16H19BrN4O2S/c1-23-13-8-10(7-12(17)14(13)22)9-18-21-15(19-20-16(21)24)11-5-3-2-4-6-11/h7-9,11,22H,2-6H2,1H3,(H,20,24)/b18-9-. The Kier molecular flexibility index (Phi) is 5.35. The number of halogens is 1. The van der Waals surface area contributed by atoms with Crippen LogP contribution in [0.15, 0.2) is 21.7 Å². The molecule has 0 spiro atoms. The van der Waals surface area contributed by atoms with Crippen molar-refractivity contribution in [2.45, 2.75) is 38.0 Å². The summed E-state index contributed by atoms with van der Waals surface area (Å²) in [6.45, 7) is 0. The molecule has 1 saturated carbocycles. The van der Waals surface area contributed by atoms with Crippen LogP contribution in [0.4, 0.5) is 0 Å². The summed E-state index contributed by atoms with van der Waals surface area (Å²) in [5.74, 6) is 1.73. The molecule has 0 radical (unpaired) electrons. The van der Waals surface area contributed by atoms with Gasteiger partial charge in [0, 0.05) is 5.92 Å². The minimum Gasteiger partial charge on any atom is -0.503 e. The highest BCUT2D eigenvalue weighted by atomic mass is 79.9. The summed E-state index contributed by atoms with van der Waals surface area (Å²) in [5.41, 5.74) is 0.786. The molecule has 8 heteroatoms. The molecule has 0 unspecified atom stereocenters. The molecule has 0 atom stereocenters. The van der Waals surface area contributed by atoms with Gasteiger partial charge in [-0.2, -0.15) is 14.9 Å². The molecule has 1 fully saturated rings. The van der Waals surface area contributed by atoms with E-state index in [4.69, 9.17) is 17.0 Å². The van der Waals surface area contributed by atoms with Crippen molar-refractivity contribution in [3.05, 3.63) is 32.8 Å². The summed E-state index contributed by atoms with van der Waals surface area (Å²) in [7, 11) is 1.51. The van der Waals surface area contributed by atoms with E-state index in [0.29, 0.717) is 20.9 Å². The second-order valence-electron chi connectivity index (χ2n) is 5.83. The minimum atomic E-state index is 0.0671. The van der Waals surface area contributed by atoms with Gasteiger partial charge in [-0.15, -0.1) is 0 Å². The van der Waals surface area contributed by atoms with Gasteiger partial charge in [0.05, 0.1) is 17.8 Å². The van der Waals surface area contributed by atoms with Gasteiger partial charge >= 0.3 is 0 Å². The molecule has 0 bridgehead atoms. The van der Waals surface area contributed by atoms with Crippen LogP contribution in [0.1, 0.15) is 49.4 Å². The van der Waals surface area contributed by atoms with Gasteiger partial charge in [0.25, 0.3) is 0 Å². The highest BCUT2D eigenvalue weighted by molar-refractivity contribution is 9.10. The average Bonchev–Trinajstić information content (AvgIpc) is 2.97. The quantitative estimate of drug-likeness (QED) is 0.580. The fraction of sp³-hybridized carbons (Fsp3) is 0.438. The number of aromatic amines is 1. The maximum absolute atomic E-state index is 9.88. The Bertz CT molecular complexity index is 809. The number of hydrogen-bond donors (Lipinski definition) is 2. The predicted octanol–water partition coefficient (Wildman–Crippen LogP) is 4.35. The van der Waals surface area contributed by atoms with Crippen LogP contribution in [0, 0.1) is 4.77 Å². The van der Waals surface area contributed by atoms with E-state index in [1.54, 1.807) is 23.0 Å². The lowest BCUT2D eigenvalue weighted by Crippen LogP contribution is -2.10. The van der Waals surface area contributed by atoms with Crippen molar-refractivity contribution in [2.75, 3.05) is 7.11 Å². The number of ether oxygens (including phenoxy) is 1. The van der Waals surface area contributed by atoms with Gasteiger partial charge in [-0.25, -0.2) is 0 Å². The zero-order chi connectivity index (χ0) is 17.1. The van der Waals surface area contributed by atoms with Gasteiger partial charge in [0.2, 0.25) is 4.77 Å². The SMILES string of the molecule is COc1cc(/C=N\n2c(C3CCCCC3)n[nH]c2=S)cc(Br)c1O. The monoisotopic (exact) mass is 410 g/mol. The normalized spacial score (nSPS) is 15.9. The Labute approximate surface area is 153 Å². The van der Waals surface area contributed by atoms with Crippen LogP contribution in [-0.2, 0) is 0 Å².